The van der Waals surface area contributed by atoms with Gasteiger partial charge in [0.25, 0.3) is 5.91 Å². The Kier molecular flexibility index (Phi) is 6.25. The largest absolute Gasteiger partial charge is 0.472 e. The van der Waals surface area contributed by atoms with Gasteiger partial charge in [0.05, 0.1) is 11.8 Å². The molecular formula is C20H22N2O5. The molecule has 7 heteroatoms. The number of esters is 1. The molecule has 0 bridgehead atoms. The van der Waals surface area contributed by atoms with Crippen LogP contribution in [-0.2, 0) is 20.9 Å². The van der Waals surface area contributed by atoms with Crippen LogP contribution in [0.5, 0.6) is 0 Å². The van der Waals surface area contributed by atoms with Crippen LogP contribution in [0, 0.1) is 5.92 Å². The predicted molar refractivity (Wildman–Crippen MR) is 96.6 cm³/mol. The molecule has 0 radical (unpaired) electrons. The number of rotatable bonds is 6. The Hall–Kier alpha value is -3.09. The second-order valence-electron chi connectivity index (χ2n) is 6.44. The molecule has 1 aromatic heterocycles. The van der Waals surface area contributed by atoms with E-state index < -0.39 is 5.97 Å². The number of hydrogen-bond acceptors (Lipinski definition) is 5. The number of benzene rings is 1. The number of nitrogens with zero attached hydrogens (tertiary/aromatic N) is 1. The van der Waals surface area contributed by atoms with E-state index in [2.05, 4.69) is 5.32 Å². The molecule has 0 saturated carbocycles. The van der Waals surface area contributed by atoms with Crippen LogP contribution in [-0.4, -0.2) is 42.3 Å². The van der Waals surface area contributed by atoms with Gasteiger partial charge in [0.15, 0.2) is 0 Å². The van der Waals surface area contributed by atoms with Crippen LogP contribution >= 0.6 is 0 Å². The first-order chi connectivity index (χ1) is 13.1. The van der Waals surface area contributed by atoms with Crippen LogP contribution < -0.4 is 5.32 Å². The minimum atomic E-state index is -0.472. The van der Waals surface area contributed by atoms with E-state index in [-0.39, 0.29) is 30.9 Å². The summed E-state index contributed by atoms with van der Waals surface area (Å²) in [6.07, 6.45) is 4.01. The Balaban J connectivity index is 1.37. The van der Waals surface area contributed by atoms with E-state index in [1.165, 1.54) is 12.5 Å². The van der Waals surface area contributed by atoms with Crippen LogP contribution in [0.2, 0.25) is 0 Å². The lowest BCUT2D eigenvalue weighted by molar-refractivity contribution is -0.145. The van der Waals surface area contributed by atoms with E-state index in [4.69, 9.17) is 9.15 Å². The van der Waals surface area contributed by atoms with Crippen molar-refractivity contribution in [1.82, 2.24) is 10.2 Å². The minimum Gasteiger partial charge on any atom is -0.472 e. The van der Waals surface area contributed by atoms with Crippen LogP contribution in [0.25, 0.3) is 0 Å². The molecule has 2 amide bonds. The number of nitrogens with one attached hydrogen (secondary N) is 1. The third-order valence-corrected chi connectivity index (χ3v) is 4.57. The standard InChI is InChI=1S/C20H22N2O5/c23-18(27-13-15-4-2-1-3-5-15)12-21-19(24)16-6-9-22(10-7-16)20(25)17-8-11-26-14-17/h1-5,8,11,14,16H,6-7,9-10,12-13H2,(H,21,24). The smallest absolute Gasteiger partial charge is 0.325 e. The number of amides is 2. The molecule has 2 aromatic rings. The molecule has 2 heterocycles. The second-order valence-corrected chi connectivity index (χ2v) is 6.44. The fraction of sp³-hybridized carbons (Fsp3) is 0.350. The van der Waals surface area contributed by atoms with Crippen molar-refractivity contribution in [3.63, 3.8) is 0 Å². The Morgan fingerprint density at radius 2 is 1.85 bits per heavy atom. The fourth-order valence-corrected chi connectivity index (χ4v) is 3.01. The van der Waals surface area contributed by atoms with Gasteiger partial charge in [-0.25, -0.2) is 0 Å². The van der Waals surface area contributed by atoms with E-state index in [9.17, 15) is 14.4 Å². The van der Waals surface area contributed by atoms with Crippen molar-refractivity contribution in [2.75, 3.05) is 19.6 Å². The lowest BCUT2D eigenvalue weighted by Crippen LogP contribution is -2.44. The molecular weight excluding hydrogens is 348 g/mol. The highest BCUT2D eigenvalue weighted by Crippen LogP contribution is 2.19. The summed E-state index contributed by atoms with van der Waals surface area (Å²) in [5.41, 5.74) is 1.41. The van der Waals surface area contributed by atoms with E-state index in [0.717, 1.165) is 5.56 Å². The highest BCUT2D eigenvalue weighted by molar-refractivity contribution is 5.94. The topological polar surface area (TPSA) is 88.9 Å². The van der Waals surface area contributed by atoms with Gasteiger partial charge in [-0.3, -0.25) is 14.4 Å². The van der Waals surface area contributed by atoms with Crippen LogP contribution in [0.15, 0.2) is 53.3 Å². The van der Waals surface area contributed by atoms with Gasteiger partial charge >= 0.3 is 5.97 Å². The van der Waals surface area contributed by atoms with Crippen molar-refractivity contribution < 1.29 is 23.5 Å². The molecule has 1 aliphatic rings. The van der Waals surface area contributed by atoms with E-state index in [1.54, 1.807) is 11.0 Å². The normalized spacial score (nSPS) is 14.6. The molecule has 1 N–H and O–H groups in total. The number of piperidine rings is 1. The van der Waals surface area contributed by atoms with Gasteiger partial charge in [-0.15, -0.1) is 0 Å². The number of furan rings is 1. The van der Waals surface area contributed by atoms with E-state index >= 15 is 0 Å². The summed E-state index contributed by atoms with van der Waals surface area (Å²) >= 11 is 0. The molecule has 27 heavy (non-hydrogen) atoms. The number of carbonyl (C=O) groups is 3. The van der Waals surface area contributed by atoms with Crippen molar-refractivity contribution in [2.24, 2.45) is 5.92 Å². The summed E-state index contributed by atoms with van der Waals surface area (Å²) in [7, 11) is 0. The maximum Gasteiger partial charge on any atom is 0.325 e. The zero-order chi connectivity index (χ0) is 19.1. The van der Waals surface area contributed by atoms with Gasteiger partial charge in [0.2, 0.25) is 5.91 Å². The average Bonchev–Trinajstić information content (AvgIpc) is 3.25. The molecule has 3 rings (SSSR count). The van der Waals surface area contributed by atoms with Crippen LogP contribution in [0.4, 0.5) is 0 Å². The van der Waals surface area contributed by atoms with Gasteiger partial charge in [0, 0.05) is 19.0 Å². The molecule has 0 spiro atoms. The van der Waals surface area contributed by atoms with Gasteiger partial charge < -0.3 is 19.4 Å². The lowest BCUT2D eigenvalue weighted by Gasteiger charge is -2.31. The lowest BCUT2D eigenvalue weighted by atomic mass is 9.95. The highest BCUT2D eigenvalue weighted by Gasteiger charge is 2.28. The Morgan fingerprint density at radius 1 is 1.11 bits per heavy atom. The Bertz CT molecular complexity index is 765. The summed E-state index contributed by atoms with van der Waals surface area (Å²) in [6, 6.07) is 11.0. The maximum absolute atomic E-state index is 12.2. The van der Waals surface area contributed by atoms with Crippen molar-refractivity contribution >= 4 is 17.8 Å². The number of hydrogen-bond donors (Lipinski definition) is 1. The van der Waals surface area contributed by atoms with Crippen LogP contribution in [0.1, 0.15) is 28.8 Å². The minimum absolute atomic E-state index is 0.0907. The average molecular weight is 370 g/mol. The van der Waals surface area contributed by atoms with Crippen molar-refractivity contribution in [3.8, 4) is 0 Å². The molecule has 0 aliphatic carbocycles. The summed E-state index contributed by atoms with van der Waals surface area (Å²) in [4.78, 5) is 38.0. The maximum atomic E-state index is 12.2. The zero-order valence-corrected chi connectivity index (χ0v) is 14.9. The first-order valence-electron chi connectivity index (χ1n) is 8.92. The third-order valence-electron chi connectivity index (χ3n) is 4.57. The summed E-state index contributed by atoms with van der Waals surface area (Å²) in [5.74, 6) is -0.950. The fourth-order valence-electron chi connectivity index (χ4n) is 3.01. The predicted octanol–water partition coefficient (Wildman–Crippen LogP) is 1.99. The van der Waals surface area contributed by atoms with E-state index in [1.807, 2.05) is 30.3 Å². The number of likely N-dealkylation sites (tertiary alicyclic amines) is 1. The first-order valence-corrected chi connectivity index (χ1v) is 8.92. The van der Waals surface area contributed by atoms with E-state index in [0.29, 0.717) is 31.5 Å². The van der Waals surface area contributed by atoms with Crippen molar-refractivity contribution in [3.05, 3.63) is 60.1 Å². The highest BCUT2D eigenvalue weighted by atomic mass is 16.5. The molecule has 1 aliphatic heterocycles. The van der Waals surface area contributed by atoms with Gasteiger partial charge in [0.1, 0.15) is 19.4 Å². The van der Waals surface area contributed by atoms with Gasteiger partial charge in [-0.2, -0.15) is 0 Å². The monoisotopic (exact) mass is 370 g/mol. The molecule has 142 valence electrons. The summed E-state index contributed by atoms with van der Waals surface area (Å²) < 4.78 is 10.1. The molecule has 7 nitrogen and oxygen atoms in total. The Labute approximate surface area is 157 Å². The zero-order valence-electron chi connectivity index (χ0n) is 14.9. The summed E-state index contributed by atoms with van der Waals surface area (Å²) in [6.45, 7) is 1.03. The number of carbonyl (C=O) groups excluding carboxylic acids is 3. The second kappa shape index (κ2) is 9.02. The molecule has 0 atom stereocenters. The third kappa shape index (κ3) is 5.20. The van der Waals surface area contributed by atoms with Gasteiger partial charge in [-0.1, -0.05) is 30.3 Å². The Morgan fingerprint density at radius 3 is 2.52 bits per heavy atom. The first kappa shape index (κ1) is 18.7. The summed E-state index contributed by atoms with van der Waals surface area (Å²) in [5, 5.41) is 2.63. The van der Waals surface area contributed by atoms with Crippen molar-refractivity contribution in [2.45, 2.75) is 19.4 Å². The van der Waals surface area contributed by atoms with Crippen LogP contribution in [0.3, 0.4) is 0 Å². The van der Waals surface area contributed by atoms with Crippen molar-refractivity contribution in [1.29, 1.82) is 0 Å². The molecule has 0 unspecified atom stereocenters. The molecule has 1 fully saturated rings. The van der Waals surface area contributed by atoms with Gasteiger partial charge in [-0.05, 0) is 24.5 Å². The SMILES string of the molecule is O=C(CNC(=O)C1CCN(C(=O)c2ccoc2)CC1)OCc1ccccc1. The molecule has 1 saturated heterocycles. The quantitative estimate of drug-likeness (QED) is 0.786. The molecule has 1 aromatic carbocycles. The number of ether oxygens (including phenoxy) is 1.